The average molecular weight is 396 g/mol. The quantitative estimate of drug-likeness (QED) is 0.528. The van der Waals surface area contributed by atoms with E-state index >= 15 is 0 Å². The third-order valence-corrected chi connectivity index (χ3v) is 5.12. The van der Waals surface area contributed by atoms with E-state index in [1.807, 2.05) is 60.7 Å². The van der Waals surface area contributed by atoms with Crippen LogP contribution in [-0.2, 0) is 14.3 Å². The molecule has 2 aromatic rings. The van der Waals surface area contributed by atoms with Gasteiger partial charge in [0, 0.05) is 32.1 Å². The minimum absolute atomic E-state index is 0.00419. The second kappa shape index (κ2) is 11.3. The highest BCUT2D eigenvalue weighted by Crippen LogP contribution is 2.23. The highest BCUT2D eigenvalue weighted by molar-refractivity contribution is 6.35. The normalized spacial score (nSPS) is 14.5. The second-order valence-electron chi connectivity index (χ2n) is 7.15. The summed E-state index contributed by atoms with van der Waals surface area (Å²) in [6, 6.07) is 20.0. The van der Waals surface area contributed by atoms with Gasteiger partial charge in [0.25, 0.3) is 0 Å². The molecule has 2 N–H and O–H groups in total. The predicted octanol–water partition coefficient (Wildman–Crippen LogP) is 1.77. The van der Waals surface area contributed by atoms with E-state index in [1.165, 1.54) is 0 Å². The Morgan fingerprint density at radius 2 is 1.41 bits per heavy atom. The number of benzene rings is 2. The van der Waals surface area contributed by atoms with Crippen molar-refractivity contribution in [3.05, 3.63) is 71.8 Å². The molecule has 1 aliphatic heterocycles. The van der Waals surface area contributed by atoms with Crippen LogP contribution in [0.3, 0.4) is 0 Å². The van der Waals surface area contributed by atoms with E-state index in [0.29, 0.717) is 13.1 Å². The van der Waals surface area contributed by atoms with Crippen LogP contribution in [0.1, 0.15) is 23.5 Å². The molecule has 0 bridgehead atoms. The van der Waals surface area contributed by atoms with Crippen LogP contribution in [0.2, 0.25) is 0 Å². The number of carbonyl (C=O) groups is 2. The maximum atomic E-state index is 12.3. The summed E-state index contributed by atoms with van der Waals surface area (Å²) in [5.41, 5.74) is 2.20. The molecule has 2 amide bonds. The zero-order valence-corrected chi connectivity index (χ0v) is 16.7. The van der Waals surface area contributed by atoms with Crippen molar-refractivity contribution in [2.24, 2.45) is 0 Å². The van der Waals surface area contributed by atoms with E-state index in [9.17, 15) is 9.59 Å². The van der Waals surface area contributed by atoms with E-state index in [-0.39, 0.29) is 5.92 Å². The molecule has 6 nitrogen and oxygen atoms in total. The number of nitrogens with one attached hydrogen (secondary N) is 2. The van der Waals surface area contributed by atoms with Crippen molar-refractivity contribution in [3.63, 3.8) is 0 Å². The first-order valence-corrected chi connectivity index (χ1v) is 10.2. The van der Waals surface area contributed by atoms with Crippen molar-refractivity contribution in [1.82, 2.24) is 15.5 Å². The molecule has 2 aromatic carbocycles. The van der Waals surface area contributed by atoms with E-state index < -0.39 is 11.8 Å². The van der Waals surface area contributed by atoms with Crippen LogP contribution < -0.4 is 10.6 Å². The van der Waals surface area contributed by atoms with Gasteiger partial charge in [-0.2, -0.15) is 0 Å². The molecule has 0 radical (unpaired) electrons. The summed E-state index contributed by atoms with van der Waals surface area (Å²) in [6.45, 7) is 5.13. The van der Waals surface area contributed by atoms with Gasteiger partial charge in [-0.25, -0.2) is 0 Å². The van der Waals surface area contributed by atoms with Crippen LogP contribution >= 0.6 is 0 Å². The Bertz CT molecular complexity index is 722. The number of morpholine rings is 1. The fourth-order valence-corrected chi connectivity index (χ4v) is 3.48. The second-order valence-corrected chi connectivity index (χ2v) is 7.15. The Morgan fingerprint density at radius 3 is 2.00 bits per heavy atom. The van der Waals surface area contributed by atoms with Crippen molar-refractivity contribution in [2.75, 3.05) is 45.9 Å². The van der Waals surface area contributed by atoms with Crippen LogP contribution in [0, 0.1) is 0 Å². The SMILES string of the molecule is O=C(NCCCN1CCOCC1)C(=O)NCC(c1ccccc1)c1ccccc1. The molecule has 154 valence electrons. The zero-order chi connectivity index (χ0) is 20.3. The highest BCUT2D eigenvalue weighted by atomic mass is 16.5. The monoisotopic (exact) mass is 395 g/mol. The van der Waals surface area contributed by atoms with E-state index in [2.05, 4.69) is 15.5 Å². The fraction of sp³-hybridized carbons (Fsp3) is 0.391. The summed E-state index contributed by atoms with van der Waals surface area (Å²) in [7, 11) is 0. The summed E-state index contributed by atoms with van der Waals surface area (Å²) < 4.78 is 5.32. The third-order valence-electron chi connectivity index (χ3n) is 5.12. The molecule has 0 unspecified atom stereocenters. The van der Waals surface area contributed by atoms with Crippen LogP contribution in [0.25, 0.3) is 0 Å². The Morgan fingerprint density at radius 1 is 0.862 bits per heavy atom. The van der Waals surface area contributed by atoms with Crippen LogP contribution in [-0.4, -0.2) is 62.7 Å². The van der Waals surface area contributed by atoms with Crippen molar-refractivity contribution >= 4 is 11.8 Å². The first-order valence-electron chi connectivity index (χ1n) is 10.2. The molecule has 3 rings (SSSR count). The van der Waals surface area contributed by atoms with Gasteiger partial charge >= 0.3 is 11.8 Å². The third kappa shape index (κ3) is 6.69. The largest absolute Gasteiger partial charge is 0.379 e. The van der Waals surface area contributed by atoms with Crippen LogP contribution in [0.4, 0.5) is 0 Å². The molecule has 0 aliphatic carbocycles. The van der Waals surface area contributed by atoms with Crippen molar-refractivity contribution in [2.45, 2.75) is 12.3 Å². The molecule has 6 heteroatoms. The van der Waals surface area contributed by atoms with Gasteiger partial charge in [0.1, 0.15) is 0 Å². The van der Waals surface area contributed by atoms with Crippen LogP contribution in [0.15, 0.2) is 60.7 Å². The molecular formula is C23H29N3O3. The van der Waals surface area contributed by atoms with Crippen molar-refractivity contribution in [3.8, 4) is 0 Å². The molecule has 1 saturated heterocycles. The first-order chi connectivity index (χ1) is 14.2. The Balaban J connectivity index is 1.46. The molecule has 0 spiro atoms. The van der Waals surface area contributed by atoms with Crippen LogP contribution in [0.5, 0.6) is 0 Å². The van der Waals surface area contributed by atoms with Gasteiger partial charge in [0.05, 0.1) is 13.2 Å². The maximum absolute atomic E-state index is 12.3. The zero-order valence-electron chi connectivity index (χ0n) is 16.7. The standard InChI is InChI=1S/C23H29N3O3/c27-22(24-12-7-13-26-14-16-29-17-15-26)23(28)25-18-21(19-8-3-1-4-9-19)20-10-5-2-6-11-20/h1-6,8-11,21H,7,12-18H2,(H,24,27)(H,25,28). The molecule has 0 aromatic heterocycles. The summed E-state index contributed by atoms with van der Waals surface area (Å²) in [4.78, 5) is 26.7. The molecule has 1 heterocycles. The highest BCUT2D eigenvalue weighted by Gasteiger charge is 2.18. The van der Waals surface area contributed by atoms with Gasteiger partial charge in [-0.3, -0.25) is 14.5 Å². The number of hydrogen-bond donors (Lipinski definition) is 2. The van der Waals surface area contributed by atoms with Crippen molar-refractivity contribution < 1.29 is 14.3 Å². The molecule has 1 fully saturated rings. The Kier molecular flexibility index (Phi) is 8.22. The minimum Gasteiger partial charge on any atom is -0.379 e. The van der Waals surface area contributed by atoms with Gasteiger partial charge in [-0.1, -0.05) is 60.7 Å². The van der Waals surface area contributed by atoms with Gasteiger partial charge in [0.2, 0.25) is 0 Å². The lowest BCUT2D eigenvalue weighted by molar-refractivity contribution is -0.139. The van der Waals surface area contributed by atoms with E-state index in [0.717, 1.165) is 50.4 Å². The topological polar surface area (TPSA) is 70.7 Å². The molecular weight excluding hydrogens is 366 g/mol. The molecule has 0 atom stereocenters. The lowest BCUT2D eigenvalue weighted by atomic mass is 9.91. The first kappa shape index (κ1) is 21.0. The van der Waals surface area contributed by atoms with Gasteiger partial charge in [-0.15, -0.1) is 0 Å². The van der Waals surface area contributed by atoms with E-state index in [1.54, 1.807) is 0 Å². The van der Waals surface area contributed by atoms with Gasteiger partial charge in [-0.05, 0) is 24.1 Å². The number of rotatable bonds is 8. The predicted molar refractivity (Wildman–Crippen MR) is 113 cm³/mol. The van der Waals surface area contributed by atoms with Gasteiger partial charge in [0.15, 0.2) is 0 Å². The smallest absolute Gasteiger partial charge is 0.309 e. The minimum atomic E-state index is -0.590. The number of carbonyl (C=O) groups excluding carboxylic acids is 2. The summed E-state index contributed by atoms with van der Waals surface area (Å²) in [5, 5.41) is 5.51. The number of amides is 2. The Labute approximate surface area is 172 Å². The van der Waals surface area contributed by atoms with E-state index in [4.69, 9.17) is 4.74 Å². The number of hydrogen-bond acceptors (Lipinski definition) is 4. The van der Waals surface area contributed by atoms with Gasteiger partial charge < -0.3 is 15.4 Å². The van der Waals surface area contributed by atoms with Crippen molar-refractivity contribution in [1.29, 1.82) is 0 Å². The lowest BCUT2D eigenvalue weighted by Crippen LogP contribution is -2.43. The summed E-state index contributed by atoms with van der Waals surface area (Å²) >= 11 is 0. The molecule has 29 heavy (non-hydrogen) atoms. The maximum Gasteiger partial charge on any atom is 0.309 e. The number of ether oxygens (including phenoxy) is 1. The molecule has 1 aliphatic rings. The lowest BCUT2D eigenvalue weighted by Gasteiger charge is -2.26. The summed E-state index contributed by atoms with van der Waals surface area (Å²) in [5.74, 6) is -1.17. The molecule has 0 saturated carbocycles. The average Bonchev–Trinajstić information content (AvgIpc) is 2.79. The Hall–Kier alpha value is -2.70. The summed E-state index contributed by atoms with van der Waals surface area (Å²) in [6.07, 6.45) is 0.815. The fourth-order valence-electron chi connectivity index (χ4n) is 3.48. The number of nitrogens with zero attached hydrogens (tertiary/aromatic N) is 1.